The van der Waals surface area contributed by atoms with Gasteiger partial charge in [-0.25, -0.2) is 0 Å². The highest BCUT2D eigenvalue weighted by molar-refractivity contribution is 5.76. The topological polar surface area (TPSA) is 95.9 Å². The summed E-state index contributed by atoms with van der Waals surface area (Å²) in [6.45, 7) is 5.00. The fourth-order valence-corrected chi connectivity index (χ4v) is 11.5. The molecule has 0 radical (unpaired) electrons. The maximum Gasteiger partial charge on any atom is 0.305 e. The van der Waals surface area contributed by atoms with Crippen molar-refractivity contribution in [3.63, 3.8) is 0 Å². The van der Waals surface area contributed by atoms with Crippen LogP contribution in [0.3, 0.4) is 0 Å². The third-order valence-electron chi connectivity index (χ3n) is 16.9. The van der Waals surface area contributed by atoms with Crippen molar-refractivity contribution in [1.29, 1.82) is 0 Å². The van der Waals surface area contributed by atoms with E-state index >= 15 is 0 Å². The van der Waals surface area contributed by atoms with Crippen LogP contribution < -0.4 is 5.32 Å². The lowest BCUT2D eigenvalue weighted by molar-refractivity contribution is -0.143. The summed E-state index contributed by atoms with van der Waals surface area (Å²) < 4.78 is 5.48. The van der Waals surface area contributed by atoms with Crippen LogP contribution in [0.2, 0.25) is 0 Å². The van der Waals surface area contributed by atoms with Crippen LogP contribution in [0.5, 0.6) is 0 Å². The fraction of sp³-hybridized carbons (Fsp3) is 0.971. The Balaban J connectivity index is 3.32. The van der Waals surface area contributed by atoms with Gasteiger partial charge in [-0.15, -0.1) is 0 Å². The van der Waals surface area contributed by atoms with E-state index in [1.807, 2.05) is 0 Å². The Morgan fingerprint density at radius 1 is 0.316 bits per heavy atom. The number of hydrogen-bond donors (Lipinski definition) is 3. The molecule has 0 rings (SSSR count). The number of amides is 1. The summed E-state index contributed by atoms with van der Waals surface area (Å²) in [6.07, 6.45) is 80.2. The van der Waals surface area contributed by atoms with Gasteiger partial charge in [0, 0.05) is 12.8 Å². The third kappa shape index (κ3) is 62.1. The van der Waals surface area contributed by atoms with Crippen LogP contribution in [0.25, 0.3) is 0 Å². The van der Waals surface area contributed by atoms with Crippen molar-refractivity contribution < 1.29 is 24.5 Å². The zero-order valence-electron chi connectivity index (χ0n) is 52.0. The summed E-state index contributed by atoms with van der Waals surface area (Å²) in [5, 5.41) is 23.4. The molecule has 0 saturated carbocycles. The van der Waals surface area contributed by atoms with Gasteiger partial charge in [0.05, 0.1) is 25.4 Å². The van der Waals surface area contributed by atoms with E-state index < -0.39 is 12.1 Å². The Kier molecular flexibility index (Phi) is 65.4. The van der Waals surface area contributed by atoms with Crippen molar-refractivity contribution in [3.8, 4) is 0 Å². The van der Waals surface area contributed by atoms with Crippen molar-refractivity contribution in [2.45, 2.75) is 424 Å². The van der Waals surface area contributed by atoms with Gasteiger partial charge in [-0.05, 0) is 25.7 Å². The zero-order valence-corrected chi connectivity index (χ0v) is 52.0. The molecule has 1 amide bonds. The summed E-state index contributed by atoms with van der Waals surface area (Å²) in [6, 6.07) is -0.537. The molecule has 3 N–H and O–H groups in total. The highest BCUT2D eigenvalue weighted by Gasteiger charge is 2.20. The molecule has 0 bridgehead atoms. The average molecular weight is 1070 g/mol. The van der Waals surface area contributed by atoms with Crippen molar-refractivity contribution in [3.05, 3.63) is 0 Å². The normalized spacial score (nSPS) is 12.4. The monoisotopic (exact) mass is 1070 g/mol. The van der Waals surface area contributed by atoms with Gasteiger partial charge < -0.3 is 20.3 Å². The molecule has 0 heterocycles. The number of nitrogens with one attached hydrogen (secondary N) is 1. The number of ether oxygens (including phenoxy) is 1. The second-order valence-corrected chi connectivity index (χ2v) is 24.6. The minimum absolute atomic E-state index is 0.0214. The molecule has 76 heavy (non-hydrogen) atoms. The molecule has 0 aliphatic heterocycles. The first kappa shape index (κ1) is 74.9. The Hall–Kier alpha value is -1.14. The van der Waals surface area contributed by atoms with Crippen molar-refractivity contribution >= 4 is 11.9 Å². The molecule has 0 saturated heterocycles. The Morgan fingerprint density at radius 3 is 0.803 bits per heavy atom. The molecule has 0 aliphatic carbocycles. The van der Waals surface area contributed by atoms with Crippen LogP contribution in [0.1, 0.15) is 412 Å². The summed E-state index contributed by atoms with van der Waals surface area (Å²) in [4.78, 5) is 24.5. The molecule has 454 valence electrons. The summed E-state index contributed by atoms with van der Waals surface area (Å²) >= 11 is 0. The predicted molar refractivity (Wildman–Crippen MR) is 334 cm³/mol. The van der Waals surface area contributed by atoms with Crippen molar-refractivity contribution in [2.24, 2.45) is 0 Å². The highest BCUT2D eigenvalue weighted by atomic mass is 16.5. The van der Waals surface area contributed by atoms with Gasteiger partial charge in [-0.1, -0.05) is 373 Å². The molecule has 2 atom stereocenters. The maximum atomic E-state index is 12.5. The van der Waals surface area contributed by atoms with Gasteiger partial charge in [-0.3, -0.25) is 9.59 Å². The number of carbonyl (C=O) groups excluding carboxylic acids is 2. The highest BCUT2D eigenvalue weighted by Crippen LogP contribution is 2.20. The first-order valence-corrected chi connectivity index (χ1v) is 35.3. The van der Waals surface area contributed by atoms with E-state index in [9.17, 15) is 19.8 Å². The molecule has 0 fully saturated rings. The predicted octanol–water partition coefficient (Wildman–Crippen LogP) is 22.6. The molecule has 6 nitrogen and oxygen atoms in total. The van der Waals surface area contributed by atoms with Gasteiger partial charge in [0.1, 0.15) is 0 Å². The molecular formula is C70H139NO5. The number of carbonyl (C=O) groups is 2. The molecule has 6 heteroatoms. The minimum atomic E-state index is -0.660. The van der Waals surface area contributed by atoms with Crippen LogP contribution in [0, 0.1) is 0 Å². The first-order chi connectivity index (χ1) is 37.5. The van der Waals surface area contributed by atoms with Crippen LogP contribution in [0.4, 0.5) is 0 Å². The molecule has 0 spiro atoms. The van der Waals surface area contributed by atoms with Crippen molar-refractivity contribution in [1.82, 2.24) is 5.32 Å². The first-order valence-electron chi connectivity index (χ1n) is 35.3. The molecular weight excluding hydrogens is 935 g/mol. The molecule has 0 aliphatic rings. The van der Waals surface area contributed by atoms with Gasteiger partial charge in [-0.2, -0.15) is 0 Å². The number of aliphatic hydroxyl groups is 2. The summed E-state index contributed by atoms with van der Waals surface area (Å²) in [5.74, 6) is -0.00484. The largest absolute Gasteiger partial charge is 0.466 e. The van der Waals surface area contributed by atoms with E-state index in [1.54, 1.807) is 0 Å². The summed E-state index contributed by atoms with van der Waals surface area (Å²) in [7, 11) is 0. The Morgan fingerprint density at radius 2 is 0.539 bits per heavy atom. The van der Waals surface area contributed by atoms with E-state index in [0.29, 0.717) is 25.9 Å². The zero-order chi connectivity index (χ0) is 55.0. The second kappa shape index (κ2) is 66.4. The Bertz CT molecular complexity index is 1100. The lowest BCUT2D eigenvalue weighted by Gasteiger charge is -2.22. The number of unbranched alkanes of at least 4 members (excludes halogenated alkanes) is 56. The van der Waals surface area contributed by atoms with Crippen LogP contribution in [0.15, 0.2) is 0 Å². The lowest BCUT2D eigenvalue weighted by atomic mass is 10.0. The Labute approximate surface area is 476 Å². The van der Waals surface area contributed by atoms with Crippen LogP contribution in [-0.2, 0) is 14.3 Å². The van der Waals surface area contributed by atoms with E-state index in [4.69, 9.17) is 4.74 Å². The van der Waals surface area contributed by atoms with Gasteiger partial charge in [0.25, 0.3) is 0 Å². The van der Waals surface area contributed by atoms with E-state index in [0.717, 1.165) is 38.5 Å². The summed E-state index contributed by atoms with van der Waals surface area (Å²) in [5.41, 5.74) is 0. The lowest BCUT2D eigenvalue weighted by Crippen LogP contribution is -2.45. The number of rotatable bonds is 67. The second-order valence-electron chi connectivity index (χ2n) is 24.6. The molecule has 0 aromatic rings. The number of aliphatic hydroxyl groups excluding tert-OH is 2. The maximum absolute atomic E-state index is 12.5. The van der Waals surface area contributed by atoms with E-state index in [-0.39, 0.29) is 18.5 Å². The van der Waals surface area contributed by atoms with Gasteiger partial charge in [0.2, 0.25) is 5.91 Å². The quantitative estimate of drug-likeness (QED) is 0.0417. The van der Waals surface area contributed by atoms with Crippen molar-refractivity contribution in [2.75, 3.05) is 13.2 Å². The fourth-order valence-electron chi connectivity index (χ4n) is 11.5. The van der Waals surface area contributed by atoms with Gasteiger partial charge in [0.15, 0.2) is 0 Å². The van der Waals surface area contributed by atoms with E-state index in [1.165, 1.54) is 340 Å². The average Bonchev–Trinajstić information content (AvgIpc) is 3.42. The number of hydrogen-bond acceptors (Lipinski definition) is 5. The van der Waals surface area contributed by atoms with E-state index in [2.05, 4.69) is 19.2 Å². The van der Waals surface area contributed by atoms with Crippen LogP contribution >= 0.6 is 0 Å². The van der Waals surface area contributed by atoms with Crippen LogP contribution in [-0.4, -0.2) is 47.4 Å². The SMILES string of the molecule is CCCCCCCCCCCCCCCCCCCC(O)C(CO)NC(=O)CCCCCCCCCCCCCCCCCCCCCCCCCCCCCCCCCOC(=O)CCCCCCCCCCCCC. The molecule has 0 aromatic heterocycles. The van der Waals surface area contributed by atoms with Gasteiger partial charge >= 0.3 is 5.97 Å². The minimum Gasteiger partial charge on any atom is -0.466 e. The standard InChI is InChI=1S/C70H139NO5/c1-3-5-7-9-11-13-15-16-17-33-36-39-43-46-50-54-58-62-68(73)67(66-72)71-69(74)63-59-55-51-47-44-40-37-34-31-29-27-25-23-21-19-18-20-22-24-26-28-30-32-35-38-41-45-49-53-57-61-65-76-70(75)64-60-56-52-48-42-14-12-10-8-6-4-2/h67-68,72-73H,3-66H2,1-2H3,(H,71,74). The molecule has 0 aromatic carbocycles. The molecule has 2 unspecified atom stereocenters. The smallest absolute Gasteiger partial charge is 0.305 e. The number of esters is 1. The third-order valence-corrected chi connectivity index (χ3v) is 16.9.